The van der Waals surface area contributed by atoms with Gasteiger partial charge in [0, 0.05) is 22.5 Å². The summed E-state index contributed by atoms with van der Waals surface area (Å²) < 4.78 is 0. The molecule has 1 heterocycles. The van der Waals surface area contributed by atoms with Crippen LogP contribution in [0.3, 0.4) is 0 Å². The zero-order valence-corrected chi connectivity index (χ0v) is 13.7. The van der Waals surface area contributed by atoms with E-state index in [0.29, 0.717) is 28.0 Å². The fraction of sp³-hybridized carbons (Fsp3) is 0.0556. The number of nitrogens with zero attached hydrogens (tertiary/aromatic N) is 3. The number of benzene rings is 2. The van der Waals surface area contributed by atoms with Crippen molar-refractivity contribution >= 4 is 34.7 Å². The van der Waals surface area contributed by atoms with Gasteiger partial charge < -0.3 is 10.6 Å². The molecule has 5 nitrogen and oxygen atoms in total. The molecular formula is C18H14ClN5. The van der Waals surface area contributed by atoms with Crippen molar-refractivity contribution in [3.63, 3.8) is 0 Å². The molecule has 0 radical (unpaired) electrons. The molecule has 3 rings (SSSR count). The maximum Gasteiger partial charge on any atom is 0.229 e. The molecule has 6 heteroatoms. The van der Waals surface area contributed by atoms with E-state index in [9.17, 15) is 0 Å². The second-order valence-electron chi connectivity index (χ2n) is 5.13. The second kappa shape index (κ2) is 6.99. The lowest BCUT2D eigenvalue weighted by atomic mass is 10.2. The third-order valence-electron chi connectivity index (χ3n) is 3.26. The van der Waals surface area contributed by atoms with Crippen molar-refractivity contribution in [2.45, 2.75) is 6.92 Å². The number of rotatable bonds is 4. The lowest BCUT2D eigenvalue weighted by Crippen LogP contribution is -2.03. The van der Waals surface area contributed by atoms with Gasteiger partial charge in [-0.15, -0.1) is 0 Å². The highest BCUT2D eigenvalue weighted by Gasteiger charge is 2.06. The third kappa shape index (κ3) is 3.80. The summed E-state index contributed by atoms with van der Waals surface area (Å²) >= 11 is 5.89. The number of hydrogen-bond acceptors (Lipinski definition) is 5. The number of hydrogen-bond donors (Lipinski definition) is 2. The minimum atomic E-state index is 0.425. The summed E-state index contributed by atoms with van der Waals surface area (Å²) in [6.45, 7) is 1.89. The Kier molecular flexibility index (Phi) is 4.59. The van der Waals surface area contributed by atoms with Gasteiger partial charge in [0.15, 0.2) is 0 Å². The minimum absolute atomic E-state index is 0.425. The van der Waals surface area contributed by atoms with Gasteiger partial charge in [0.25, 0.3) is 0 Å². The Balaban J connectivity index is 1.86. The topological polar surface area (TPSA) is 73.6 Å². The molecule has 3 aromatic rings. The first-order valence-corrected chi connectivity index (χ1v) is 7.66. The van der Waals surface area contributed by atoms with E-state index < -0.39 is 0 Å². The molecule has 118 valence electrons. The van der Waals surface area contributed by atoms with Gasteiger partial charge in [0.05, 0.1) is 11.3 Å². The number of para-hydroxylation sites is 1. The number of aromatic nitrogens is 2. The van der Waals surface area contributed by atoms with Gasteiger partial charge in [-0.2, -0.15) is 10.2 Å². The minimum Gasteiger partial charge on any atom is -0.340 e. The normalized spacial score (nSPS) is 10.0. The van der Waals surface area contributed by atoms with Crippen LogP contribution >= 0.6 is 11.6 Å². The average molecular weight is 336 g/mol. The van der Waals surface area contributed by atoms with E-state index in [1.807, 2.05) is 43.3 Å². The number of nitriles is 1. The Morgan fingerprint density at radius 2 is 1.75 bits per heavy atom. The van der Waals surface area contributed by atoms with Gasteiger partial charge in [-0.3, -0.25) is 0 Å². The van der Waals surface area contributed by atoms with Crippen LogP contribution in [0.25, 0.3) is 0 Å². The summed E-state index contributed by atoms with van der Waals surface area (Å²) in [6, 6.07) is 18.6. The van der Waals surface area contributed by atoms with Crippen LogP contribution in [0.15, 0.2) is 54.6 Å². The van der Waals surface area contributed by atoms with Crippen molar-refractivity contribution in [1.29, 1.82) is 5.26 Å². The quantitative estimate of drug-likeness (QED) is 0.716. The molecule has 2 aromatic carbocycles. The summed E-state index contributed by atoms with van der Waals surface area (Å²) in [7, 11) is 0. The number of halogens is 1. The molecule has 0 unspecified atom stereocenters. The summed E-state index contributed by atoms with van der Waals surface area (Å²) in [5.41, 5.74) is 2.89. The van der Waals surface area contributed by atoms with Crippen molar-refractivity contribution in [1.82, 2.24) is 9.97 Å². The van der Waals surface area contributed by atoms with Crippen LogP contribution in [0.1, 0.15) is 11.3 Å². The number of anilines is 4. The van der Waals surface area contributed by atoms with Crippen molar-refractivity contribution in [3.8, 4) is 6.07 Å². The monoisotopic (exact) mass is 335 g/mol. The zero-order valence-electron chi connectivity index (χ0n) is 12.9. The molecule has 1 aromatic heterocycles. The summed E-state index contributed by atoms with van der Waals surface area (Å²) in [5, 5.41) is 16.2. The molecule has 0 aliphatic heterocycles. The lowest BCUT2D eigenvalue weighted by molar-refractivity contribution is 1.11. The van der Waals surface area contributed by atoms with Crippen LogP contribution in [0, 0.1) is 18.3 Å². The van der Waals surface area contributed by atoms with Gasteiger partial charge in [-0.05, 0) is 43.3 Å². The van der Waals surface area contributed by atoms with Crippen LogP contribution in [0.5, 0.6) is 0 Å². The average Bonchev–Trinajstić information content (AvgIpc) is 2.57. The molecule has 0 spiro atoms. The molecule has 2 N–H and O–H groups in total. The highest BCUT2D eigenvalue weighted by molar-refractivity contribution is 6.30. The van der Waals surface area contributed by atoms with E-state index >= 15 is 0 Å². The maximum atomic E-state index is 9.17. The highest BCUT2D eigenvalue weighted by Crippen LogP contribution is 2.22. The van der Waals surface area contributed by atoms with Gasteiger partial charge in [-0.25, -0.2) is 4.98 Å². The first kappa shape index (κ1) is 15.8. The van der Waals surface area contributed by atoms with Gasteiger partial charge >= 0.3 is 0 Å². The molecule has 0 atom stereocenters. The summed E-state index contributed by atoms with van der Waals surface area (Å²) in [6.07, 6.45) is 0. The molecule has 0 bridgehead atoms. The Morgan fingerprint density at radius 1 is 1.00 bits per heavy atom. The van der Waals surface area contributed by atoms with Crippen molar-refractivity contribution in [2.24, 2.45) is 0 Å². The summed E-state index contributed by atoms with van der Waals surface area (Å²) in [5.74, 6) is 1.08. The second-order valence-corrected chi connectivity index (χ2v) is 5.57. The van der Waals surface area contributed by atoms with E-state index in [1.54, 1.807) is 18.2 Å². The van der Waals surface area contributed by atoms with Crippen LogP contribution < -0.4 is 10.6 Å². The third-order valence-corrected chi connectivity index (χ3v) is 3.52. The van der Waals surface area contributed by atoms with Crippen molar-refractivity contribution in [2.75, 3.05) is 10.6 Å². The molecule has 24 heavy (non-hydrogen) atoms. The largest absolute Gasteiger partial charge is 0.340 e. The Labute approximate surface area is 145 Å². The Morgan fingerprint density at radius 3 is 2.50 bits per heavy atom. The number of aryl methyl sites for hydroxylation is 1. The zero-order chi connectivity index (χ0) is 16.9. The van der Waals surface area contributed by atoms with Crippen molar-refractivity contribution < 1.29 is 0 Å². The van der Waals surface area contributed by atoms with Gasteiger partial charge in [0.1, 0.15) is 11.9 Å². The van der Waals surface area contributed by atoms with E-state index in [2.05, 4.69) is 26.7 Å². The van der Waals surface area contributed by atoms with Crippen molar-refractivity contribution in [3.05, 3.63) is 70.9 Å². The fourth-order valence-corrected chi connectivity index (χ4v) is 2.31. The molecule has 0 saturated carbocycles. The highest BCUT2D eigenvalue weighted by atomic mass is 35.5. The smallest absolute Gasteiger partial charge is 0.229 e. The van der Waals surface area contributed by atoms with Crippen LogP contribution in [0.2, 0.25) is 5.02 Å². The molecule has 0 aliphatic carbocycles. The lowest BCUT2D eigenvalue weighted by Gasteiger charge is -2.11. The van der Waals surface area contributed by atoms with Gasteiger partial charge in [0.2, 0.25) is 5.95 Å². The fourth-order valence-electron chi connectivity index (χ4n) is 2.18. The maximum absolute atomic E-state index is 9.17. The first-order chi connectivity index (χ1) is 11.6. The molecule has 0 amide bonds. The molecule has 0 saturated heterocycles. The SMILES string of the molecule is Cc1cc(Nc2ccc(Cl)cc2)nc(Nc2ccccc2C#N)n1. The Hall–Kier alpha value is -3.10. The number of nitrogens with one attached hydrogen (secondary N) is 2. The first-order valence-electron chi connectivity index (χ1n) is 7.28. The molecule has 0 aliphatic rings. The van der Waals surface area contributed by atoms with E-state index in [4.69, 9.17) is 16.9 Å². The predicted molar refractivity (Wildman–Crippen MR) is 95.9 cm³/mol. The molecular weight excluding hydrogens is 322 g/mol. The van der Waals surface area contributed by atoms with E-state index in [-0.39, 0.29) is 0 Å². The van der Waals surface area contributed by atoms with E-state index in [0.717, 1.165) is 11.4 Å². The summed E-state index contributed by atoms with van der Waals surface area (Å²) in [4.78, 5) is 8.81. The Bertz CT molecular complexity index is 900. The van der Waals surface area contributed by atoms with Crippen LogP contribution in [0.4, 0.5) is 23.1 Å². The molecule has 0 fully saturated rings. The predicted octanol–water partition coefficient (Wildman–Crippen LogP) is 4.80. The van der Waals surface area contributed by atoms with E-state index in [1.165, 1.54) is 0 Å². The van der Waals surface area contributed by atoms with Crippen LogP contribution in [-0.2, 0) is 0 Å². The van der Waals surface area contributed by atoms with Crippen LogP contribution in [-0.4, -0.2) is 9.97 Å². The standard InChI is InChI=1S/C18H14ClN5/c1-12-10-17(22-15-8-6-14(19)7-9-15)24-18(21-12)23-16-5-3-2-4-13(16)11-20/h2-10H,1H3,(H2,21,22,23,24). The van der Waals surface area contributed by atoms with Gasteiger partial charge in [-0.1, -0.05) is 23.7 Å².